The molecule has 26 heavy (non-hydrogen) atoms. The second-order valence-electron chi connectivity index (χ2n) is 6.65. The number of amides is 2. The highest BCUT2D eigenvalue weighted by Gasteiger charge is 2.30. The quantitative estimate of drug-likeness (QED) is 0.859. The number of likely N-dealkylation sites (tertiary alicyclic amines) is 1. The molecule has 138 valence electrons. The van der Waals surface area contributed by atoms with Crippen molar-refractivity contribution in [2.45, 2.75) is 52.2 Å². The summed E-state index contributed by atoms with van der Waals surface area (Å²) in [6, 6.07) is 7.74. The maximum Gasteiger partial charge on any atom is 0.224 e. The fraction of sp³-hybridized carbons (Fsp3) is 0.474. The van der Waals surface area contributed by atoms with E-state index >= 15 is 0 Å². The number of hydrogen-bond acceptors (Lipinski definition) is 4. The van der Waals surface area contributed by atoms with Gasteiger partial charge in [-0.2, -0.15) is 5.10 Å². The number of nitrogens with zero attached hydrogens (tertiary/aromatic N) is 4. The number of pyridine rings is 1. The van der Waals surface area contributed by atoms with E-state index in [1.165, 1.54) is 6.92 Å². The number of carbonyl (C=O) groups excluding carboxylic acids is 2. The Labute approximate surface area is 153 Å². The molecule has 2 amide bonds. The van der Waals surface area contributed by atoms with Crippen molar-refractivity contribution < 1.29 is 9.59 Å². The third-order valence-electron chi connectivity index (χ3n) is 4.73. The van der Waals surface area contributed by atoms with E-state index in [1.807, 2.05) is 40.8 Å². The van der Waals surface area contributed by atoms with Crippen LogP contribution in [-0.2, 0) is 22.7 Å². The molecule has 1 N–H and O–H groups in total. The standard InChI is InChI=1S/C19H25N5O2/c1-14-8-10-21-24(14)12-9-19(26)23-11-4-7-18(23)17-6-3-5-16(22-17)13-20-15(2)25/h3,5-6,8,10,18H,4,7,9,11-13H2,1-2H3,(H,20,25). The van der Waals surface area contributed by atoms with E-state index in [-0.39, 0.29) is 17.9 Å². The summed E-state index contributed by atoms with van der Waals surface area (Å²) in [6.45, 7) is 5.24. The van der Waals surface area contributed by atoms with Crippen molar-refractivity contribution in [3.63, 3.8) is 0 Å². The first-order chi connectivity index (χ1) is 12.5. The van der Waals surface area contributed by atoms with Crippen molar-refractivity contribution >= 4 is 11.8 Å². The van der Waals surface area contributed by atoms with Gasteiger partial charge in [-0.25, -0.2) is 0 Å². The van der Waals surface area contributed by atoms with Crippen LogP contribution < -0.4 is 5.32 Å². The van der Waals surface area contributed by atoms with E-state index in [9.17, 15) is 9.59 Å². The highest BCUT2D eigenvalue weighted by atomic mass is 16.2. The molecule has 7 heteroatoms. The fourth-order valence-corrected chi connectivity index (χ4v) is 3.35. The van der Waals surface area contributed by atoms with E-state index in [0.717, 1.165) is 36.5 Å². The molecule has 7 nitrogen and oxygen atoms in total. The predicted molar refractivity (Wildman–Crippen MR) is 97.0 cm³/mol. The SMILES string of the molecule is CC(=O)NCc1cccc(C2CCCN2C(=O)CCn2nccc2C)n1. The molecule has 1 saturated heterocycles. The largest absolute Gasteiger partial charge is 0.351 e. The van der Waals surface area contributed by atoms with E-state index in [0.29, 0.717) is 19.5 Å². The van der Waals surface area contributed by atoms with E-state index < -0.39 is 0 Å². The highest BCUT2D eigenvalue weighted by molar-refractivity contribution is 5.77. The Kier molecular flexibility index (Phi) is 5.65. The van der Waals surface area contributed by atoms with Gasteiger partial charge in [0.25, 0.3) is 0 Å². The van der Waals surface area contributed by atoms with Gasteiger partial charge in [0.2, 0.25) is 11.8 Å². The minimum Gasteiger partial charge on any atom is -0.351 e. The Morgan fingerprint density at radius 3 is 2.88 bits per heavy atom. The van der Waals surface area contributed by atoms with Gasteiger partial charge in [-0.05, 0) is 38.0 Å². The maximum absolute atomic E-state index is 12.7. The first kappa shape index (κ1) is 18.1. The van der Waals surface area contributed by atoms with Gasteiger partial charge in [0, 0.05) is 38.3 Å². The number of nitrogens with one attached hydrogen (secondary N) is 1. The third-order valence-corrected chi connectivity index (χ3v) is 4.73. The maximum atomic E-state index is 12.7. The normalized spacial score (nSPS) is 16.7. The zero-order valence-corrected chi connectivity index (χ0v) is 15.3. The molecule has 0 aliphatic carbocycles. The summed E-state index contributed by atoms with van der Waals surface area (Å²) < 4.78 is 1.86. The second kappa shape index (κ2) is 8.12. The average Bonchev–Trinajstić information content (AvgIpc) is 3.27. The smallest absolute Gasteiger partial charge is 0.224 e. The summed E-state index contributed by atoms with van der Waals surface area (Å²) in [5, 5.41) is 7.00. The van der Waals surface area contributed by atoms with Crippen molar-refractivity contribution in [3.8, 4) is 0 Å². The van der Waals surface area contributed by atoms with Crippen LogP contribution in [0.25, 0.3) is 0 Å². The van der Waals surface area contributed by atoms with E-state index in [2.05, 4.69) is 15.4 Å². The van der Waals surface area contributed by atoms with Crippen LogP contribution in [0.1, 0.15) is 49.3 Å². The van der Waals surface area contributed by atoms with Crippen LogP contribution in [0.2, 0.25) is 0 Å². The van der Waals surface area contributed by atoms with E-state index in [1.54, 1.807) is 6.20 Å². The van der Waals surface area contributed by atoms with Gasteiger partial charge >= 0.3 is 0 Å². The summed E-state index contributed by atoms with van der Waals surface area (Å²) in [5.41, 5.74) is 2.77. The Hall–Kier alpha value is -2.70. The van der Waals surface area contributed by atoms with Crippen LogP contribution in [0, 0.1) is 6.92 Å². The molecular formula is C19H25N5O2. The van der Waals surface area contributed by atoms with Gasteiger partial charge in [0.1, 0.15) is 0 Å². The first-order valence-electron chi connectivity index (χ1n) is 9.03. The lowest BCUT2D eigenvalue weighted by atomic mass is 10.1. The number of hydrogen-bond donors (Lipinski definition) is 1. The molecule has 2 aromatic rings. The summed E-state index contributed by atoms with van der Waals surface area (Å²) in [4.78, 5) is 30.4. The first-order valence-corrected chi connectivity index (χ1v) is 9.03. The van der Waals surface area contributed by atoms with Crippen molar-refractivity contribution in [3.05, 3.63) is 47.5 Å². The zero-order valence-electron chi connectivity index (χ0n) is 15.3. The summed E-state index contributed by atoms with van der Waals surface area (Å²) >= 11 is 0. The van der Waals surface area contributed by atoms with Crippen molar-refractivity contribution in [1.82, 2.24) is 25.0 Å². The lowest BCUT2D eigenvalue weighted by molar-refractivity contribution is -0.132. The van der Waals surface area contributed by atoms with Gasteiger partial charge in [-0.15, -0.1) is 0 Å². The van der Waals surface area contributed by atoms with Crippen LogP contribution in [0.15, 0.2) is 30.5 Å². The van der Waals surface area contributed by atoms with E-state index in [4.69, 9.17) is 0 Å². The molecule has 2 aromatic heterocycles. The van der Waals surface area contributed by atoms with Crippen molar-refractivity contribution in [2.24, 2.45) is 0 Å². The summed E-state index contributed by atoms with van der Waals surface area (Å²) in [5.74, 6) is 0.0558. The molecule has 0 saturated carbocycles. The fourth-order valence-electron chi connectivity index (χ4n) is 3.35. The third kappa shape index (κ3) is 4.28. The molecule has 1 aliphatic rings. The number of aromatic nitrogens is 3. The molecule has 3 rings (SSSR count). The molecule has 1 unspecified atom stereocenters. The van der Waals surface area contributed by atoms with Gasteiger partial charge < -0.3 is 10.2 Å². The Morgan fingerprint density at radius 1 is 1.31 bits per heavy atom. The lowest BCUT2D eigenvalue weighted by Gasteiger charge is -2.25. The van der Waals surface area contributed by atoms with Crippen LogP contribution in [0.4, 0.5) is 0 Å². The van der Waals surface area contributed by atoms with Gasteiger partial charge in [0.15, 0.2) is 0 Å². The molecule has 1 fully saturated rings. The molecule has 0 radical (unpaired) electrons. The molecular weight excluding hydrogens is 330 g/mol. The Bertz CT molecular complexity index is 786. The van der Waals surface area contributed by atoms with Crippen molar-refractivity contribution in [1.29, 1.82) is 0 Å². The molecule has 0 aromatic carbocycles. The molecule has 1 aliphatic heterocycles. The highest BCUT2D eigenvalue weighted by Crippen LogP contribution is 2.31. The minimum atomic E-state index is -0.0798. The van der Waals surface area contributed by atoms with Gasteiger partial charge in [0.05, 0.1) is 24.0 Å². The average molecular weight is 355 g/mol. The number of aryl methyl sites for hydroxylation is 2. The summed E-state index contributed by atoms with van der Waals surface area (Å²) in [7, 11) is 0. The van der Waals surface area contributed by atoms with Gasteiger partial charge in [-0.3, -0.25) is 19.3 Å². The lowest BCUT2D eigenvalue weighted by Crippen LogP contribution is -2.32. The molecule has 0 bridgehead atoms. The predicted octanol–water partition coefficient (Wildman–Crippen LogP) is 1.98. The van der Waals surface area contributed by atoms with Gasteiger partial charge in [-0.1, -0.05) is 6.07 Å². The van der Waals surface area contributed by atoms with Crippen molar-refractivity contribution in [2.75, 3.05) is 6.54 Å². The molecule has 3 heterocycles. The molecule has 1 atom stereocenters. The monoisotopic (exact) mass is 355 g/mol. The van der Waals surface area contributed by atoms with Crippen LogP contribution in [-0.4, -0.2) is 38.0 Å². The Balaban J connectivity index is 1.65. The van der Waals surface area contributed by atoms with Crippen LogP contribution in [0.5, 0.6) is 0 Å². The number of rotatable bonds is 6. The zero-order chi connectivity index (χ0) is 18.5. The second-order valence-corrected chi connectivity index (χ2v) is 6.65. The Morgan fingerprint density at radius 2 is 2.15 bits per heavy atom. The minimum absolute atomic E-state index is 0.0125. The topological polar surface area (TPSA) is 80.1 Å². The van der Waals surface area contributed by atoms with Crippen LogP contribution in [0.3, 0.4) is 0 Å². The number of carbonyl (C=O) groups is 2. The van der Waals surface area contributed by atoms with Crippen LogP contribution >= 0.6 is 0 Å². The molecule has 0 spiro atoms. The summed E-state index contributed by atoms with van der Waals surface area (Å²) in [6.07, 6.45) is 4.09.